The molecule has 0 saturated heterocycles. The molecule has 2 aromatic heterocycles. The molecule has 2 aromatic rings. The van der Waals surface area contributed by atoms with Gasteiger partial charge in [0.2, 0.25) is 5.88 Å². The number of nitrogens with zero attached hydrogens (tertiary/aromatic N) is 3. The van der Waals surface area contributed by atoms with Gasteiger partial charge in [-0.25, -0.2) is 4.98 Å². The molecular formula is C17H19N3O2. The van der Waals surface area contributed by atoms with Crippen molar-refractivity contribution in [3.63, 3.8) is 0 Å². The van der Waals surface area contributed by atoms with Gasteiger partial charge in [-0.3, -0.25) is 9.78 Å². The molecule has 0 bridgehead atoms. The van der Waals surface area contributed by atoms with Gasteiger partial charge in [-0.15, -0.1) is 0 Å². The summed E-state index contributed by atoms with van der Waals surface area (Å²) in [5.74, 6) is 1.46. The molecule has 2 heterocycles. The highest BCUT2D eigenvalue weighted by molar-refractivity contribution is 5.96. The van der Waals surface area contributed by atoms with Crippen LogP contribution in [0.15, 0.2) is 42.9 Å². The summed E-state index contributed by atoms with van der Waals surface area (Å²) in [6.07, 6.45) is 8.58. The Morgan fingerprint density at radius 2 is 2.14 bits per heavy atom. The molecular weight excluding hydrogens is 278 g/mol. The Labute approximate surface area is 130 Å². The van der Waals surface area contributed by atoms with Crippen molar-refractivity contribution in [1.82, 2.24) is 14.9 Å². The summed E-state index contributed by atoms with van der Waals surface area (Å²) in [7, 11) is 1.83. The number of carbonyl (C=O) groups excluding carboxylic acids is 1. The molecule has 0 unspecified atom stereocenters. The summed E-state index contributed by atoms with van der Waals surface area (Å²) in [5, 5.41) is 0. The Morgan fingerprint density at radius 1 is 1.32 bits per heavy atom. The molecule has 22 heavy (non-hydrogen) atoms. The van der Waals surface area contributed by atoms with Crippen molar-refractivity contribution in [2.24, 2.45) is 5.92 Å². The van der Waals surface area contributed by atoms with E-state index in [0.29, 0.717) is 23.1 Å². The second kappa shape index (κ2) is 6.56. The number of amides is 1. The van der Waals surface area contributed by atoms with Crippen LogP contribution in [0.5, 0.6) is 11.6 Å². The number of rotatable bonds is 5. The van der Waals surface area contributed by atoms with Crippen LogP contribution in [0.3, 0.4) is 0 Å². The first-order valence-electron chi connectivity index (χ1n) is 7.52. The van der Waals surface area contributed by atoms with E-state index >= 15 is 0 Å². The lowest BCUT2D eigenvalue weighted by Gasteiger charge is -2.30. The average Bonchev–Trinajstić information content (AvgIpc) is 2.51. The van der Waals surface area contributed by atoms with Crippen molar-refractivity contribution in [2.45, 2.75) is 19.3 Å². The monoisotopic (exact) mass is 297 g/mol. The van der Waals surface area contributed by atoms with Gasteiger partial charge >= 0.3 is 0 Å². The summed E-state index contributed by atoms with van der Waals surface area (Å²) < 4.78 is 5.70. The van der Waals surface area contributed by atoms with Gasteiger partial charge in [-0.05, 0) is 43.0 Å². The minimum atomic E-state index is -0.0566. The number of hydrogen-bond acceptors (Lipinski definition) is 4. The third kappa shape index (κ3) is 3.24. The molecule has 114 valence electrons. The van der Waals surface area contributed by atoms with Gasteiger partial charge in [0.05, 0.1) is 6.20 Å². The van der Waals surface area contributed by atoms with E-state index in [1.165, 1.54) is 19.3 Å². The number of pyridine rings is 2. The SMILES string of the molecule is CN(CC1CCC1)C(=O)c1cccnc1Oc1cccnc1. The van der Waals surface area contributed by atoms with Gasteiger partial charge in [-0.2, -0.15) is 0 Å². The Bertz CT molecular complexity index is 641. The average molecular weight is 297 g/mol. The summed E-state index contributed by atoms with van der Waals surface area (Å²) in [6, 6.07) is 7.06. The Balaban J connectivity index is 1.76. The van der Waals surface area contributed by atoms with E-state index in [1.807, 2.05) is 7.05 Å². The molecule has 5 heteroatoms. The van der Waals surface area contributed by atoms with Gasteiger partial charge in [0, 0.05) is 26.0 Å². The van der Waals surface area contributed by atoms with Crippen LogP contribution in [0.25, 0.3) is 0 Å². The molecule has 0 radical (unpaired) electrons. The van der Waals surface area contributed by atoms with E-state index in [9.17, 15) is 4.79 Å². The van der Waals surface area contributed by atoms with Gasteiger partial charge < -0.3 is 9.64 Å². The molecule has 1 aliphatic carbocycles. The number of carbonyl (C=O) groups is 1. The fourth-order valence-corrected chi connectivity index (χ4v) is 2.51. The summed E-state index contributed by atoms with van der Waals surface area (Å²) >= 11 is 0. The van der Waals surface area contributed by atoms with E-state index in [1.54, 1.807) is 47.8 Å². The molecule has 0 atom stereocenters. The zero-order valence-corrected chi connectivity index (χ0v) is 12.6. The Kier molecular flexibility index (Phi) is 4.32. The van der Waals surface area contributed by atoms with Crippen molar-refractivity contribution < 1.29 is 9.53 Å². The van der Waals surface area contributed by atoms with Crippen LogP contribution in [0.1, 0.15) is 29.6 Å². The first-order chi connectivity index (χ1) is 10.7. The van der Waals surface area contributed by atoms with E-state index in [4.69, 9.17) is 4.74 Å². The van der Waals surface area contributed by atoms with Gasteiger partial charge in [0.15, 0.2) is 0 Å². The van der Waals surface area contributed by atoms with E-state index < -0.39 is 0 Å². The van der Waals surface area contributed by atoms with Crippen LogP contribution in [-0.2, 0) is 0 Å². The predicted molar refractivity (Wildman–Crippen MR) is 82.8 cm³/mol. The smallest absolute Gasteiger partial charge is 0.259 e. The number of ether oxygens (including phenoxy) is 1. The largest absolute Gasteiger partial charge is 0.437 e. The third-order valence-corrected chi connectivity index (χ3v) is 3.95. The summed E-state index contributed by atoms with van der Waals surface area (Å²) in [4.78, 5) is 22.6. The van der Waals surface area contributed by atoms with Crippen molar-refractivity contribution in [3.8, 4) is 11.6 Å². The second-order valence-electron chi connectivity index (χ2n) is 5.63. The van der Waals surface area contributed by atoms with Crippen LogP contribution in [-0.4, -0.2) is 34.4 Å². The predicted octanol–water partition coefficient (Wildman–Crippen LogP) is 3.14. The standard InChI is InChI=1S/C17H19N3O2/c1-20(12-13-5-2-6-13)17(21)15-8-4-10-19-16(15)22-14-7-3-9-18-11-14/h3-4,7-11,13H,2,5-6,12H2,1H3. The quantitative estimate of drug-likeness (QED) is 0.850. The Hall–Kier alpha value is -2.43. The minimum Gasteiger partial charge on any atom is -0.437 e. The maximum atomic E-state index is 12.6. The Morgan fingerprint density at radius 3 is 2.82 bits per heavy atom. The van der Waals surface area contributed by atoms with Crippen LogP contribution < -0.4 is 4.74 Å². The first kappa shape index (κ1) is 14.5. The summed E-state index contributed by atoms with van der Waals surface area (Å²) in [5.41, 5.74) is 0.480. The second-order valence-corrected chi connectivity index (χ2v) is 5.63. The van der Waals surface area contributed by atoms with Crippen molar-refractivity contribution >= 4 is 5.91 Å². The minimum absolute atomic E-state index is 0.0566. The lowest BCUT2D eigenvalue weighted by atomic mass is 9.85. The maximum Gasteiger partial charge on any atom is 0.259 e. The van der Waals surface area contributed by atoms with Crippen molar-refractivity contribution in [2.75, 3.05) is 13.6 Å². The van der Waals surface area contributed by atoms with Crippen LogP contribution in [0.4, 0.5) is 0 Å². The van der Waals surface area contributed by atoms with Crippen LogP contribution in [0.2, 0.25) is 0 Å². The van der Waals surface area contributed by atoms with Crippen LogP contribution in [0, 0.1) is 5.92 Å². The molecule has 0 N–H and O–H groups in total. The maximum absolute atomic E-state index is 12.6. The molecule has 0 aliphatic heterocycles. The normalized spacial score (nSPS) is 14.2. The third-order valence-electron chi connectivity index (χ3n) is 3.95. The van der Waals surface area contributed by atoms with Crippen LogP contribution >= 0.6 is 0 Å². The van der Waals surface area contributed by atoms with E-state index in [-0.39, 0.29) is 5.91 Å². The molecule has 1 aliphatic rings. The van der Waals surface area contributed by atoms with Gasteiger partial charge in [0.1, 0.15) is 11.3 Å². The van der Waals surface area contributed by atoms with Gasteiger partial charge in [-0.1, -0.05) is 6.42 Å². The highest BCUT2D eigenvalue weighted by Gasteiger charge is 2.24. The molecule has 1 fully saturated rings. The molecule has 0 spiro atoms. The highest BCUT2D eigenvalue weighted by atomic mass is 16.5. The number of hydrogen-bond donors (Lipinski definition) is 0. The van der Waals surface area contributed by atoms with Crippen molar-refractivity contribution in [1.29, 1.82) is 0 Å². The topological polar surface area (TPSA) is 55.3 Å². The lowest BCUT2D eigenvalue weighted by molar-refractivity contribution is 0.0742. The zero-order chi connectivity index (χ0) is 15.4. The fourth-order valence-electron chi connectivity index (χ4n) is 2.51. The molecule has 5 nitrogen and oxygen atoms in total. The zero-order valence-electron chi connectivity index (χ0n) is 12.6. The molecule has 0 aromatic carbocycles. The van der Waals surface area contributed by atoms with Gasteiger partial charge in [0.25, 0.3) is 5.91 Å². The molecule has 1 amide bonds. The molecule has 3 rings (SSSR count). The number of aromatic nitrogens is 2. The first-order valence-corrected chi connectivity index (χ1v) is 7.52. The lowest BCUT2D eigenvalue weighted by Crippen LogP contribution is -2.34. The fraction of sp³-hybridized carbons (Fsp3) is 0.353. The summed E-state index contributed by atoms with van der Waals surface area (Å²) in [6.45, 7) is 0.792. The molecule has 1 saturated carbocycles. The van der Waals surface area contributed by atoms with E-state index in [2.05, 4.69) is 9.97 Å². The highest BCUT2D eigenvalue weighted by Crippen LogP contribution is 2.28. The van der Waals surface area contributed by atoms with Crippen molar-refractivity contribution in [3.05, 3.63) is 48.4 Å². The van der Waals surface area contributed by atoms with E-state index in [0.717, 1.165) is 6.54 Å².